The summed E-state index contributed by atoms with van der Waals surface area (Å²) in [6, 6.07) is 8.66. The van der Waals surface area contributed by atoms with E-state index in [0.717, 1.165) is 16.7 Å². The zero-order valence-corrected chi connectivity index (χ0v) is 11.8. The molecular weight excluding hydrogens is 264 g/mol. The van der Waals surface area contributed by atoms with Crippen molar-refractivity contribution in [1.29, 1.82) is 0 Å². The second-order valence-electron chi connectivity index (χ2n) is 4.66. The Kier molecular flexibility index (Phi) is 3.27. The van der Waals surface area contributed by atoms with Gasteiger partial charge in [-0.05, 0) is 37.5 Å². The number of nitrogens with zero attached hydrogens (tertiary/aromatic N) is 2. The van der Waals surface area contributed by atoms with Crippen LogP contribution in [-0.4, -0.2) is 11.5 Å². The Bertz CT molecular complexity index is 535. The summed E-state index contributed by atoms with van der Waals surface area (Å²) in [6.45, 7) is 3.20. The van der Waals surface area contributed by atoms with Crippen molar-refractivity contribution in [1.82, 2.24) is 4.98 Å². The van der Waals surface area contributed by atoms with Crippen LogP contribution >= 0.6 is 22.9 Å². The lowest BCUT2D eigenvalue weighted by Crippen LogP contribution is -2.22. The van der Waals surface area contributed by atoms with Crippen molar-refractivity contribution in [3.8, 4) is 0 Å². The van der Waals surface area contributed by atoms with Gasteiger partial charge in [-0.2, -0.15) is 0 Å². The van der Waals surface area contributed by atoms with Crippen LogP contribution in [0.25, 0.3) is 0 Å². The third-order valence-electron chi connectivity index (χ3n) is 3.36. The maximum atomic E-state index is 5.95. The Morgan fingerprint density at radius 1 is 1.33 bits per heavy atom. The molecular formula is C14H15ClN2S. The van der Waals surface area contributed by atoms with Gasteiger partial charge in [0, 0.05) is 22.6 Å². The standard InChI is InChI=1S/C14H15ClN2S/c1-10-9-16-14(18-10)17-8-2-3-13(17)11-4-6-12(15)7-5-11/h4-7,9,13H,2-3,8H2,1H3. The van der Waals surface area contributed by atoms with Gasteiger partial charge in [-0.3, -0.25) is 0 Å². The Balaban J connectivity index is 1.89. The molecule has 1 unspecified atom stereocenters. The van der Waals surface area contributed by atoms with Gasteiger partial charge in [0.1, 0.15) is 0 Å². The van der Waals surface area contributed by atoms with Crippen LogP contribution in [0.1, 0.15) is 29.3 Å². The third kappa shape index (κ3) is 2.25. The highest BCUT2D eigenvalue weighted by molar-refractivity contribution is 7.15. The van der Waals surface area contributed by atoms with E-state index in [1.54, 1.807) is 11.3 Å². The number of thiazole rings is 1. The summed E-state index contributed by atoms with van der Waals surface area (Å²) in [7, 11) is 0. The maximum absolute atomic E-state index is 5.95. The Hall–Kier alpha value is -1.06. The van der Waals surface area contributed by atoms with Crippen molar-refractivity contribution in [2.24, 2.45) is 0 Å². The van der Waals surface area contributed by atoms with Crippen molar-refractivity contribution in [2.75, 3.05) is 11.4 Å². The van der Waals surface area contributed by atoms with E-state index in [9.17, 15) is 0 Å². The van der Waals surface area contributed by atoms with Gasteiger partial charge >= 0.3 is 0 Å². The lowest BCUT2D eigenvalue weighted by molar-refractivity contribution is 0.717. The molecule has 0 bridgehead atoms. The Labute approximate surface area is 116 Å². The van der Waals surface area contributed by atoms with Crippen molar-refractivity contribution in [3.63, 3.8) is 0 Å². The quantitative estimate of drug-likeness (QED) is 0.807. The second-order valence-corrected chi connectivity index (χ2v) is 6.31. The second kappa shape index (κ2) is 4.90. The molecule has 2 heterocycles. The molecule has 2 nitrogen and oxygen atoms in total. The van der Waals surface area contributed by atoms with Crippen LogP contribution < -0.4 is 4.90 Å². The molecule has 18 heavy (non-hydrogen) atoms. The molecule has 94 valence electrons. The molecule has 0 N–H and O–H groups in total. The minimum Gasteiger partial charge on any atom is -0.341 e. The van der Waals surface area contributed by atoms with Gasteiger partial charge in [0.05, 0.1) is 6.04 Å². The molecule has 0 radical (unpaired) electrons. The molecule has 4 heteroatoms. The lowest BCUT2D eigenvalue weighted by atomic mass is 10.1. The number of hydrogen-bond donors (Lipinski definition) is 0. The summed E-state index contributed by atoms with van der Waals surface area (Å²) >= 11 is 7.73. The minimum absolute atomic E-state index is 0.452. The van der Waals surface area contributed by atoms with Crippen LogP contribution in [-0.2, 0) is 0 Å². The molecule has 1 saturated heterocycles. The Morgan fingerprint density at radius 3 is 2.78 bits per heavy atom. The first-order chi connectivity index (χ1) is 8.74. The van der Waals surface area contributed by atoms with Crippen LogP contribution in [0.2, 0.25) is 5.02 Å². The highest BCUT2D eigenvalue weighted by Crippen LogP contribution is 2.37. The zero-order chi connectivity index (χ0) is 12.5. The average molecular weight is 279 g/mol. The maximum Gasteiger partial charge on any atom is 0.186 e. The van der Waals surface area contributed by atoms with Gasteiger partial charge < -0.3 is 4.90 Å². The van der Waals surface area contributed by atoms with Crippen LogP contribution in [0.3, 0.4) is 0 Å². The van der Waals surface area contributed by atoms with E-state index in [-0.39, 0.29) is 0 Å². The number of rotatable bonds is 2. The van der Waals surface area contributed by atoms with Gasteiger partial charge in [-0.25, -0.2) is 4.98 Å². The first kappa shape index (κ1) is 12.0. The molecule has 2 aromatic rings. The van der Waals surface area contributed by atoms with E-state index in [0.29, 0.717) is 6.04 Å². The fraction of sp³-hybridized carbons (Fsp3) is 0.357. The fourth-order valence-corrected chi connectivity index (χ4v) is 3.46. The molecule has 1 aliphatic rings. The van der Waals surface area contributed by atoms with Crippen LogP contribution in [0, 0.1) is 6.92 Å². The molecule has 0 saturated carbocycles. The summed E-state index contributed by atoms with van der Waals surface area (Å²) in [6.07, 6.45) is 4.38. The summed E-state index contributed by atoms with van der Waals surface area (Å²) in [5.41, 5.74) is 1.34. The van der Waals surface area contributed by atoms with Crippen LogP contribution in [0.5, 0.6) is 0 Å². The van der Waals surface area contributed by atoms with Gasteiger partial charge in [0.2, 0.25) is 0 Å². The molecule has 1 atom stereocenters. The molecule has 0 amide bonds. The first-order valence-corrected chi connectivity index (χ1v) is 7.38. The number of aromatic nitrogens is 1. The highest BCUT2D eigenvalue weighted by Gasteiger charge is 2.27. The van der Waals surface area contributed by atoms with Gasteiger partial charge in [0.25, 0.3) is 0 Å². The van der Waals surface area contributed by atoms with E-state index in [1.165, 1.54) is 23.3 Å². The number of benzene rings is 1. The molecule has 1 fully saturated rings. The van der Waals surface area contributed by atoms with Crippen molar-refractivity contribution in [2.45, 2.75) is 25.8 Å². The molecule has 1 aromatic carbocycles. The average Bonchev–Trinajstić information content (AvgIpc) is 2.98. The van der Waals surface area contributed by atoms with E-state index in [2.05, 4.69) is 28.9 Å². The van der Waals surface area contributed by atoms with E-state index in [1.807, 2.05) is 18.3 Å². The Morgan fingerprint density at radius 2 is 2.11 bits per heavy atom. The molecule has 1 aliphatic heterocycles. The van der Waals surface area contributed by atoms with E-state index >= 15 is 0 Å². The van der Waals surface area contributed by atoms with Crippen molar-refractivity contribution >= 4 is 28.1 Å². The summed E-state index contributed by atoms with van der Waals surface area (Å²) < 4.78 is 0. The molecule has 3 rings (SSSR count). The molecule has 1 aromatic heterocycles. The smallest absolute Gasteiger partial charge is 0.186 e. The summed E-state index contributed by atoms with van der Waals surface area (Å²) in [5, 5.41) is 1.94. The van der Waals surface area contributed by atoms with Crippen LogP contribution in [0.15, 0.2) is 30.5 Å². The first-order valence-electron chi connectivity index (χ1n) is 6.18. The summed E-state index contributed by atoms with van der Waals surface area (Å²) in [5.74, 6) is 0. The predicted octanol–water partition coefficient (Wildman–Crippen LogP) is 4.45. The minimum atomic E-state index is 0.452. The van der Waals surface area contributed by atoms with Gasteiger partial charge in [0.15, 0.2) is 5.13 Å². The summed E-state index contributed by atoms with van der Waals surface area (Å²) in [4.78, 5) is 8.20. The van der Waals surface area contributed by atoms with E-state index < -0.39 is 0 Å². The third-order valence-corrected chi connectivity index (χ3v) is 4.56. The lowest BCUT2D eigenvalue weighted by Gasteiger charge is -2.24. The zero-order valence-electron chi connectivity index (χ0n) is 10.3. The normalized spacial score (nSPS) is 19.4. The number of hydrogen-bond acceptors (Lipinski definition) is 3. The number of halogens is 1. The largest absolute Gasteiger partial charge is 0.341 e. The van der Waals surface area contributed by atoms with Gasteiger partial charge in [-0.1, -0.05) is 23.7 Å². The van der Waals surface area contributed by atoms with Gasteiger partial charge in [-0.15, -0.1) is 11.3 Å². The SMILES string of the molecule is Cc1cnc(N2CCCC2c2ccc(Cl)cc2)s1. The molecule has 0 spiro atoms. The van der Waals surface area contributed by atoms with Crippen LogP contribution in [0.4, 0.5) is 5.13 Å². The molecule has 0 aliphatic carbocycles. The van der Waals surface area contributed by atoms with Crippen molar-refractivity contribution in [3.05, 3.63) is 45.9 Å². The highest BCUT2D eigenvalue weighted by atomic mass is 35.5. The monoisotopic (exact) mass is 278 g/mol. The fourth-order valence-electron chi connectivity index (χ4n) is 2.50. The number of anilines is 1. The topological polar surface area (TPSA) is 16.1 Å². The number of aryl methyl sites for hydroxylation is 1. The predicted molar refractivity (Wildman–Crippen MR) is 77.6 cm³/mol. The van der Waals surface area contributed by atoms with Crippen molar-refractivity contribution < 1.29 is 0 Å². The van der Waals surface area contributed by atoms with E-state index in [4.69, 9.17) is 11.6 Å².